The van der Waals surface area contributed by atoms with E-state index in [1.54, 1.807) is 43.6 Å². The van der Waals surface area contributed by atoms with E-state index in [9.17, 15) is 9.59 Å². The summed E-state index contributed by atoms with van der Waals surface area (Å²) in [4.78, 5) is 28.5. The van der Waals surface area contributed by atoms with Crippen LogP contribution >= 0.6 is 11.3 Å². The number of hydrogen-bond donors (Lipinski definition) is 1. The fourth-order valence-electron chi connectivity index (χ4n) is 1.71. The summed E-state index contributed by atoms with van der Waals surface area (Å²) in [6.07, 6.45) is 8.43. The topological polar surface area (TPSA) is 68.3 Å². The van der Waals surface area contributed by atoms with Crippen molar-refractivity contribution in [3.8, 4) is 18.1 Å². The molecule has 6 heteroatoms. The lowest BCUT2D eigenvalue weighted by atomic mass is 10.1. The Kier molecular flexibility index (Phi) is 5.14. The van der Waals surface area contributed by atoms with Gasteiger partial charge in [0.2, 0.25) is 5.78 Å². The third-order valence-corrected chi connectivity index (χ3v) is 3.86. The predicted octanol–water partition coefficient (Wildman–Crippen LogP) is 2.55. The van der Waals surface area contributed by atoms with E-state index in [4.69, 9.17) is 11.2 Å². The van der Waals surface area contributed by atoms with Crippen molar-refractivity contribution in [3.05, 3.63) is 46.4 Å². The van der Waals surface area contributed by atoms with Crippen LogP contribution in [0.2, 0.25) is 0 Å². The van der Waals surface area contributed by atoms with Crippen LogP contribution in [0.5, 0.6) is 5.75 Å². The van der Waals surface area contributed by atoms with Crippen LogP contribution in [0, 0.1) is 12.3 Å². The summed E-state index contributed by atoms with van der Waals surface area (Å²) in [5.41, 5.74) is -0.300. The molecule has 0 spiro atoms. The number of carbonyl (C=O) groups is 2. The first-order valence-corrected chi connectivity index (χ1v) is 7.75. The van der Waals surface area contributed by atoms with Gasteiger partial charge in [-0.05, 0) is 37.4 Å². The molecule has 2 rings (SSSR count). The molecule has 2 heterocycles. The minimum atomic E-state index is -0.760. The lowest BCUT2D eigenvalue weighted by Gasteiger charge is -2.19. The second-order valence-electron chi connectivity index (χ2n) is 5.29. The predicted molar refractivity (Wildman–Crippen MR) is 88.8 cm³/mol. The number of amides is 1. The Balaban J connectivity index is 2.03. The molecule has 0 aliphatic heterocycles. The van der Waals surface area contributed by atoms with Gasteiger partial charge in [0.05, 0.1) is 5.54 Å². The summed E-state index contributed by atoms with van der Waals surface area (Å²) in [7, 11) is 0. The van der Waals surface area contributed by atoms with Gasteiger partial charge in [-0.3, -0.25) is 14.6 Å². The van der Waals surface area contributed by atoms with Crippen LogP contribution in [0.3, 0.4) is 0 Å². The fraction of sp³-hybridized carbons (Fsp3) is 0.235. The van der Waals surface area contributed by atoms with E-state index in [2.05, 4.69) is 16.2 Å². The zero-order valence-corrected chi connectivity index (χ0v) is 13.6. The Morgan fingerprint density at radius 3 is 2.87 bits per heavy atom. The summed E-state index contributed by atoms with van der Waals surface area (Å²) in [5, 5.41) is 4.45. The molecule has 0 saturated heterocycles. The second kappa shape index (κ2) is 7.07. The van der Waals surface area contributed by atoms with Crippen molar-refractivity contribution in [3.63, 3.8) is 0 Å². The minimum Gasteiger partial charge on any atom is -0.484 e. The molecule has 0 radical (unpaired) electrons. The molecule has 0 aliphatic rings. The molecule has 0 fully saturated rings. The normalized spacial score (nSPS) is 10.7. The molecular formula is C17H16N2O3S. The summed E-state index contributed by atoms with van der Waals surface area (Å²) in [6.45, 7) is 3.29. The Bertz CT molecular complexity index is 745. The van der Waals surface area contributed by atoms with E-state index < -0.39 is 5.54 Å². The number of terminal acetylenes is 1. The maximum atomic E-state index is 12.2. The lowest BCUT2D eigenvalue weighted by molar-refractivity contribution is 0.0897. The first-order valence-electron chi connectivity index (χ1n) is 6.87. The minimum absolute atomic E-state index is 0.165. The largest absolute Gasteiger partial charge is 0.484 e. The van der Waals surface area contributed by atoms with E-state index in [0.717, 1.165) is 0 Å². The van der Waals surface area contributed by atoms with E-state index in [-0.39, 0.29) is 18.3 Å². The second-order valence-corrected chi connectivity index (χ2v) is 6.21. The van der Waals surface area contributed by atoms with Gasteiger partial charge in [-0.1, -0.05) is 5.92 Å². The number of aromatic nitrogens is 1. The summed E-state index contributed by atoms with van der Waals surface area (Å²) in [5.74, 6) is 2.32. The van der Waals surface area contributed by atoms with E-state index in [1.165, 1.54) is 17.5 Å². The third kappa shape index (κ3) is 4.41. The van der Waals surface area contributed by atoms with E-state index in [0.29, 0.717) is 16.2 Å². The van der Waals surface area contributed by atoms with Gasteiger partial charge >= 0.3 is 0 Å². The van der Waals surface area contributed by atoms with Gasteiger partial charge in [-0.25, -0.2) is 0 Å². The number of nitrogens with zero attached hydrogens (tertiary/aromatic N) is 1. The van der Waals surface area contributed by atoms with E-state index >= 15 is 0 Å². The van der Waals surface area contributed by atoms with E-state index in [1.807, 2.05) is 0 Å². The SMILES string of the molecule is C#CC(C)(C)NC(=O)c1sccc1OCC(=O)c1cccnc1. The van der Waals surface area contributed by atoms with Crippen LogP contribution in [0.15, 0.2) is 36.0 Å². The number of ether oxygens (including phenoxy) is 1. The summed E-state index contributed by atoms with van der Waals surface area (Å²) < 4.78 is 5.48. The molecule has 0 aliphatic carbocycles. The molecule has 5 nitrogen and oxygen atoms in total. The molecule has 2 aromatic rings. The van der Waals surface area contributed by atoms with Crippen LogP contribution in [-0.4, -0.2) is 28.8 Å². The number of thiophene rings is 1. The number of hydrogen-bond acceptors (Lipinski definition) is 5. The van der Waals surface area contributed by atoms with Crippen LogP contribution in [0.1, 0.15) is 33.9 Å². The Hall–Kier alpha value is -2.65. The maximum absolute atomic E-state index is 12.2. The van der Waals surface area contributed by atoms with Gasteiger partial charge in [-0.15, -0.1) is 17.8 Å². The zero-order chi connectivity index (χ0) is 16.9. The van der Waals surface area contributed by atoms with Crippen molar-refractivity contribution in [2.75, 3.05) is 6.61 Å². The maximum Gasteiger partial charge on any atom is 0.266 e. The first kappa shape index (κ1) is 16.7. The van der Waals surface area contributed by atoms with Crippen LogP contribution in [0.4, 0.5) is 0 Å². The zero-order valence-electron chi connectivity index (χ0n) is 12.8. The van der Waals surface area contributed by atoms with Crippen LogP contribution in [0.25, 0.3) is 0 Å². The average molecular weight is 328 g/mol. The smallest absolute Gasteiger partial charge is 0.266 e. The number of nitrogens with one attached hydrogen (secondary N) is 1. The van der Waals surface area contributed by atoms with Gasteiger partial charge < -0.3 is 10.1 Å². The van der Waals surface area contributed by atoms with Crippen LogP contribution < -0.4 is 10.1 Å². The van der Waals surface area contributed by atoms with Crippen molar-refractivity contribution < 1.29 is 14.3 Å². The van der Waals surface area contributed by atoms with Crippen molar-refractivity contribution >= 4 is 23.0 Å². The molecule has 0 bridgehead atoms. The standard InChI is InChI=1S/C17H16N2O3S/c1-4-17(2,3)19-16(21)15-14(7-9-23-15)22-11-13(20)12-6-5-8-18-10-12/h1,5-10H,11H2,2-3H3,(H,19,21). The number of carbonyl (C=O) groups excluding carboxylic acids is 2. The highest BCUT2D eigenvalue weighted by Gasteiger charge is 2.22. The summed E-state index contributed by atoms with van der Waals surface area (Å²) in [6, 6.07) is 4.99. The Morgan fingerprint density at radius 2 is 2.22 bits per heavy atom. The van der Waals surface area contributed by atoms with Crippen molar-refractivity contribution in [1.82, 2.24) is 10.3 Å². The van der Waals surface area contributed by atoms with Crippen molar-refractivity contribution in [2.45, 2.75) is 19.4 Å². The van der Waals surface area contributed by atoms with Gasteiger partial charge in [-0.2, -0.15) is 0 Å². The molecule has 23 heavy (non-hydrogen) atoms. The van der Waals surface area contributed by atoms with Gasteiger partial charge in [0.1, 0.15) is 10.6 Å². The van der Waals surface area contributed by atoms with Crippen molar-refractivity contribution in [1.29, 1.82) is 0 Å². The number of rotatable bonds is 6. The average Bonchev–Trinajstić information content (AvgIpc) is 3.01. The highest BCUT2D eigenvalue weighted by molar-refractivity contribution is 7.12. The highest BCUT2D eigenvalue weighted by atomic mass is 32.1. The molecule has 118 valence electrons. The molecule has 0 saturated carbocycles. The molecule has 2 aromatic heterocycles. The highest BCUT2D eigenvalue weighted by Crippen LogP contribution is 2.25. The molecule has 1 amide bonds. The lowest BCUT2D eigenvalue weighted by Crippen LogP contribution is -2.41. The molecular weight excluding hydrogens is 312 g/mol. The fourth-order valence-corrected chi connectivity index (χ4v) is 2.44. The first-order chi connectivity index (χ1) is 10.9. The Labute approximate surface area is 138 Å². The van der Waals surface area contributed by atoms with Gasteiger partial charge in [0.25, 0.3) is 5.91 Å². The molecule has 0 aromatic carbocycles. The quantitative estimate of drug-likeness (QED) is 0.653. The van der Waals surface area contributed by atoms with Gasteiger partial charge in [0.15, 0.2) is 6.61 Å². The molecule has 0 atom stereocenters. The van der Waals surface area contributed by atoms with Crippen molar-refractivity contribution in [2.24, 2.45) is 0 Å². The monoisotopic (exact) mass is 328 g/mol. The Morgan fingerprint density at radius 1 is 1.43 bits per heavy atom. The molecule has 1 N–H and O–H groups in total. The third-order valence-electron chi connectivity index (χ3n) is 2.96. The summed E-state index contributed by atoms with van der Waals surface area (Å²) >= 11 is 1.23. The number of Topliss-reactive ketones (excluding diaryl/α,β-unsaturated/α-hetero) is 1. The number of ketones is 1. The molecule has 0 unspecified atom stereocenters. The van der Waals surface area contributed by atoms with Crippen LogP contribution in [-0.2, 0) is 0 Å². The number of pyridine rings is 1. The van der Waals surface area contributed by atoms with Gasteiger partial charge in [0, 0.05) is 18.0 Å².